The van der Waals surface area contributed by atoms with E-state index in [1.807, 2.05) is 25.1 Å². The highest BCUT2D eigenvalue weighted by molar-refractivity contribution is 6.22. The maximum Gasteiger partial charge on any atom is 0.238 e. The first-order valence-electron chi connectivity index (χ1n) is 12.2. The molecule has 3 N–H and O–H groups in total. The molecule has 190 valence electrons. The van der Waals surface area contributed by atoms with Gasteiger partial charge >= 0.3 is 0 Å². The lowest BCUT2D eigenvalue weighted by Gasteiger charge is -2.36. The van der Waals surface area contributed by atoms with E-state index in [9.17, 15) is 24.9 Å². The summed E-state index contributed by atoms with van der Waals surface area (Å²) in [6.07, 6.45) is 2.34. The Balaban J connectivity index is 1.58. The number of hydrogen-bond donors (Lipinski definition) is 3. The van der Waals surface area contributed by atoms with Gasteiger partial charge in [-0.25, -0.2) is 0 Å². The minimum Gasteiger partial charge on any atom is -0.508 e. The number of nitrogens with zero attached hydrogens (tertiary/aromatic N) is 1. The van der Waals surface area contributed by atoms with Crippen molar-refractivity contribution in [2.75, 3.05) is 25.2 Å². The first-order valence-corrected chi connectivity index (χ1v) is 12.2. The van der Waals surface area contributed by atoms with Crippen molar-refractivity contribution >= 4 is 23.6 Å². The summed E-state index contributed by atoms with van der Waals surface area (Å²) in [6, 6.07) is 15.8. The van der Waals surface area contributed by atoms with Crippen molar-refractivity contribution in [3.63, 3.8) is 0 Å². The van der Waals surface area contributed by atoms with E-state index in [0.717, 1.165) is 16.7 Å². The predicted octanol–water partition coefficient (Wildman–Crippen LogP) is 3.70. The molecule has 1 saturated heterocycles. The van der Waals surface area contributed by atoms with Crippen molar-refractivity contribution in [2.24, 2.45) is 17.8 Å². The van der Waals surface area contributed by atoms with Crippen LogP contribution in [0.5, 0.6) is 5.75 Å². The smallest absolute Gasteiger partial charge is 0.238 e. The van der Waals surface area contributed by atoms with Gasteiger partial charge in [0.25, 0.3) is 0 Å². The van der Waals surface area contributed by atoms with Gasteiger partial charge in [0.1, 0.15) is 5.75 Å². The Morgan fingerprint density at radius 3 is 2.56 bits per heavy atom. The number of phenols is 1. The second-order valence-corrected chi connectivity index (χ2v) is 9.60. The predicted molar refractivity (Wildman–Crippen MR) is 137 cm³/mol. The summed E-state index contributed by atoms with van der Waals surface area (Å²) >= 11 is 0. The van der Waals surface area contributed by atoms with Crippen molar-refractivity contribution < 1.29 is 29.6 Å². The Bertz CT molecular complexity index is 1170. The number of imide groups is 1. The third-order valence-electron chi connectivity index (χ3n) is 7.17. The molecule has 2 aromatic rings. The number of carbonyl (C=O) groups is 2. The van der Waals surface area contributed by atoms with Gasteiger partial charge in [0.15, 0.2) is 0 Å². The fourth-order valence-electron chi connectivity index (χ4n) is 5.59. The molecule has 4 atom stereocenters. The quantitative estimate of drug-likeness (QED) is 0.365. The zero-order chi connectivity index (χ0) is 25.8. The largest absolute Gasteiger partial charge is 0.508 e. The van der Waals surface area contributed by atoms with Crippen LogP contribution in [0.2, 0.25) is 0 Å². The van der Waals surface area contributed by atoms with E-state index in [-0.39, 0.29) is 30.8 Å². The van der Waals surface area contributed by atoms with Crippen LogP contribution in [0.1, 0.15) is 31.7 Å². The third kappa shape index (κ3) is 5.14. The van der Waals surface area contributed by atoms with Crippen LogP contribution < -0.4 is 4.90 Å². The van der Waals surface area contributed by atoms with Gasteiger partial charge in [-0.3, -0.25) is 14.5 Å². The fourth-order valence-corrected chi connectivity index (χ4v) is 5.59. The molecule has 4 rings (SSSR count). The number of hydrogen-bond acceptors (Lipinski definition) is 6. The maximum absolute atomic E-state index is 13.5. The summed E-state index contributed by atoms with van der Waals surface area (Å²) in [5.41, 5.74) is 3.79. The van der Waals surface area contributed by atoms with E-state index < -0.39 is 23.9 Å². The van der Waals surface area contributed by atoms with Crippen LogP contribution in [0, 0.1) is 17.8 Å². The standard InChI is InChI=1S/C29H33NO6/c1-18(13-19-7-6-10-22(32)14-19)11-12-25(33)26-20(17-36-2)15-23-27(24(26)16-31)29(35)30(28(23)34)21-8-4-3-5-9-21/h3-10,13-14,23-25,27,31-33H,11-12,15-17H2,1-2H3/b18-13+/t23-,24+,25-,27-/m1/s1. The van der Waals surface area contributed by atoms with Gasteiger partial charge in [0.05, 0.1) is 36.8 Å². The molecule has 2 amide bonds. The number of aromatic hydroxyl groups is 1. The minimum atomic E-state index is -0.894. The number of anilines is 1. The Labute approximate surface area is 211 Å². The molecule has 7 heteroatoms. The molecule has 0 saturated carbocycles. The van der Waals surface area contributed by atoms with Crippen LogP contribution in [0.15, 0.2) is 71.3 Å². The monoisotopic (exact) mass is 491 g/mol. The number of ether oxygens (including phenoxy) is 1. The van der Waals surface area contributed by atoms with E-state index in [4.69, 9.17) is 4.74 Å². The van der Waals surface area contributed by atoms with Crippen molar-refractivity contribution in [3.05, 3.63) is 76.9 Å². The third-order valence-corrected chi connectivity index (χ3v) is 7.17. The van der Waals surface area contributed by atoms with Gasteiger partial charge in [-0.2, -0.15) is 0 Å². The number of para-hydroxylation sites is 1. The highest BCUT2D eigenvalue weighted by atomic mass is 16.5. The maximum atomic E-state index is 13.5. The number of benzene rings is 2. The molecule has 0 unspecified atom stereocenters. The van der Waals surface area contributed by atoms with Gasteiger partial charge in [0.2, 0.25) is 11.8 Å². The normalized spacial score (nSPS) is 23.3. The Kier molecular flexibility index (Phi) is 8.04. The number of allylic oxidation sites excluding steroid dienone is 1. The highest BCUT2D eigenvalue weighted by Gasteiger charge is 2.55. The summed E-state index contributed by atoms with van der Waals surface area (Å²) in [7, 11) is 1.55. The first-order chi connectivity index (χ1) is 17.3. The first kappa shape index (κ1) is 25.8. The topological polar surface area (TPSA) is 107 Å². The van der Waals surface area contributed by atoms with Gasteiger partial charge in [-0.1, -0.05) is 42.0 Å². The van der Waals surface area contributed by atoms with Crippen LogP contribution in [0.3, 0.4) is 0 Å². The lowest BCUT2D eigenvalue weighted by molar-refractivity contribution is -0.123. The molecule has 1 fully saturated rings. The van der Waals surface area contributed by atoms with Gasteiger partial charge < -0.3 is 20.1 Å². The Morgan fingerprint density at radius 1 is 1.14 bits per heavy atom. The molecular weight excluding hydrogens is 458 g/mol. The summed E-state index contributed by atoms with van der Waals surface area (Å²) in [5, 5.41) is 31.4. The average Bonchev–Trinajstić information content (AvgIpc) is 3.11. The molecule has 0 radical (unpaired) electrons. The van der Waals surface area contributed by atoms with E-state index in [2.05, 4.69) is 0 Å². The zero-order valence-corrected chi connectivity index (χ0v) is 20.6. The van der Waals surface area contributed by atoms with E-state index in [1.165, 1.54) is 4.90 Å². The minimum absolute atomic E-state index is 0.189. The van der Waals surface area contributed by atoms with Crippen LogP contribution >= 0.6 is 0 Å². The highest BCUT2D eigenvalue weighted by Crippen LogP contribution is 2.47. The van der Waals surface area contributed by atoms with Crippen molar-refractivity contribution in [3.8, 4) is 5.75 Å². The van der Waals surface area contributed by atoms with E-state index in [0.29, 0.717) is 30.5 Å². The second kappa shape index (κ2) is 11.2. The molecule has 0 spiro atoms. The van der Waals surface area contributed by atoms with Crippen molar-refractivity contribution in [2.45, 2.75) is 32.3 Å². The molecule has 2 aromatic carbocycles. The summed E-state index contributed by atoms with van der Waals surface area (Å²) in [4.78, 5) is 28.0. The van der Waals surface area contributed by atoms with Gasteiger partial charge in [0, 0.05) is 13.0 Å². The Hall–Kier alpha value is -3.26. The van der Waals surface area contributed by atoms with E-state index in [1.54, 1.807) is 49.6 Å². The SMILES string of the molecule is COCC1=C([C@H](O)CC/C(C)=C/c2cccc(O)c2)[C@H](CO)[C@@H]2C(=O)N(c3ccccc3)C(=O)[C@@H]2C1. The lowest BCUT2D eigenvalue weighted by atomic mass is 9.68. The molecule has 0 aromatic heterocycles. The number of methoxy groups -OCH3 is 1. The number of amides is 2. The second-order valence-electron chi connectivity index (χ2n) is 9.60. The van der Waals surface area contributed by atoms with Gasteiger partial charge in [-0.15, -0.1) is 0 Å². The molecule has 0 bridgehead atoms. The summed E-state index contributed by atoms with van der Waals surface area (Å²) < 4.78 is 5.40. The fraction of sp³-hybridized carbons (Fsp3) is 0.379. The lowest BCUT2D eigenvalue weighted by Crippen LogP contribution is -2.39. The number of aliphatic hydroxyl groups is 2. The van der Waals surface area contributed by atoms with E-state index >= 15 is 0 Å². The van der Waals surface area contributed by atoms with Gasteiger partial charge in [-0.05, 0) is 67.2 Å². The number of fused-ring (bicyclic) bond motifs is 1. The number of aliphatic hydroxyl groups excluding tert-OH is 2. The number of carbonyl (C=O) groups excluding carboxylic acids is 2. The molecule has 1 heterocycles. The Morgan fingerprint density at radius 2 is 1.89 bits per heavy atom. The molecular formula is C29H33NO6. The van der Waals surface area contributed by atoms with Crippen molar-refractivity contribution in [1.29, 1.82) is 0 Å². The number of rotatable bonds is 9. The zero-order valence-electron chi connectivity index (χ0n) is 20.6. The van der Waals surface area contributed by atoms with Crippen LogP contribution in [-0.4, -0.2) is 53.6 Å². The molecule has 1 aliphatic heterocycles. The average molecular weight is 492 g/mol. The summed E-state index contributed by atoms with van der Waals surface area (Å²) in [6.45, 7) is 1.83. The molecule has 1 aliphatic carbocycles. The van der Waals surface area contributed by atoms with Crippen LogP contribution in [-0.2, 0) is 14.3 Å². The molecule has 7 nitrogen and oxygen atoms in total. The van der Waals surface area contributed by atoms with Crippen molar-refractivity contribution in [1.82, 2.24) is 0 Å². The molecule has 36 heavy (non-hydrogen) atoms. The number of phenolic OH excluding ortho intramolecular Hbond substituents is 1. The van der Waals surface area contributed by atoms with Crippen LogP contribution in [0.4, 0.5) is 5.69 Å². The molecule has 2 aliphatic rings. The van der Waals surface area contributed by atoms with Crippen LogP contribution in [0.25, 0.3) is 6.08 Å². The summed E-state index contributed by atoms with van der Waals surface area (Å²) in [5.74, 6) is -2.41.